The molecule has 0 saturated heterocycles. The van der Waals surface area contributed by atoms with Crippen LogP contribution in [0.1, 0.15) is 23.4 Å². The van der Waals surface area contributed by atoms with E-state index >= 15 is 0 Å². The van der Waals surface area contributed by atoms with E-state index in [9.17, 15) is 28.1 Å². The van der Waals surface area contributed by atoms with Crippen LogP contribution in [0.15, 0.2) is 47.3 Å². The van der Waals surface area contributed by atoms with Gasteiger partial charge in [0.1, 0.15) is 5.82 Å². The van der Waals surface area contributed by atoms with Crippen molar-refractivity contribution in [3.05, 3.63) is 79.9 Å². The first-order chi connectivity index (χ1) is 13.2. The molecule has 0 saturated carbocycles. The summed E-state index contributed by atoms with van der Waals surface area (Å²) >= 11 is 0. The van der Waals surface area contributed by atoms with Gasteiger partial charge in [0.15, 0.2) is 0 Å². The van der Waals surface area contributed by atoms with Crippen LogP contribution in [0.5, 0.6) is 0 Å². The highest BCUT2D eigenvalue weighted by atomic mass is 19.4. The van der Waals surface area contributed by atoms with E-state index in [1.807, 2.05) is 0 Å². The minimum atomic E-state index is -4.44. The SMILES string of the molecule is O=c1c2cc([N+](=O)[O-])ccc2nc2n1CC/C2=C/c1cccc(C(F)(F)F)c1. The Kier molecular flexibility index (Phi) is 4.02. The molecule has 0 amide bonds. The number of benzene rings is 2. The van der Waals surface area contributed by atoms with Crippen LogP contribution >= 0.6 is 0 Å². The highest BCUT2D eigenvalue weighted by Gasteiger charge is 2.30. The number of nitrogens with zero attached hydrogens (tertiary/aromatic N) is 3. The third kappa shape index (κ3) is 3.04. The standard InChI is InChI=1S/C19H12F3N3O3/c20-19(21,22)13-3-1-2-11(9-13)8-12-6-7-24-17(12)23-16-5-4-14(25(27)28)10-15(16)18(24)26/h1-5,8-10H,6-7H2/b12-8-. The number of fused-ring (bicyclic) bond motifs is 2. The Hall–Kier alpha value is -3.49. The number of non-ortho nitro benzene ring substituents is 1. The fourth-order valence-electron chi connectivity index (χ4n) is 3.26. The molecule has 1 aliphatic rings. The van der Waals surface area contributed by atoms with E-state index in [1.54, 1.807) is 12.1 Å². The van der Waals surface area contributed by atoms with Crippen molar-refractivity contribution in [2.75, 3.05) is 0 Å². The lowest BCUT2D eigenvalue weighted by molar-refractivity contribution is -0.384. The van der Waals surface area contributed by atoms with Crippen molar-refractivity contribution in [3.8, 4) is 0 Å². The molecule has 0 unspecified atom stereocenters. The van der Waals surface area contributed by atoms with Gasteiger partial charge in [-0.3, -0.25) is 19.5 Å². The summed E-state index contributed by atoms with van der Waals surface area (Å²) in [5.74, 6) is 0.365. The molecule has 6 nitrogen and oxygen atoms in total. The van der Waals surface area contributed by atoms with Crippen LogP contribution in [-0.4, -0.2) is 14.5 Å². The Morgan fingerprint density at radius 3 is 2.68 bits per heavy atom. The van der Waals surface area contributed by atoms with Gasteiger partial charge in [-0.2, -0.15) is 13.2 Å². The van der Waals surface area contributed by atoms with Gasteiger partial charge in [-0.25, -0.2) is 4.98 Å². The molecule has 0 radical (unpaired) electrons. The molecule has 1 aromatic heterocycles. The Labute approximate surface area is 155 Å². The minimum absolute atomic E-state index is 0.137. The smallest absolute Gasteiger partial charge is 0.292 e. The predicted octanol–water partition coefficient (Wildman–Crippen LogP) is 4.27. The minimum Gasteiger partial charge on any atom is -0.292 e. The molecule has 2 aromatic carbocycles. The van der Waals surface area contributed by atoms with Crippen molar-refractivity contribution in [2.45, 2.75) is 19.1 Å². The summed E-state index contributed by atoms with van der Waals surface area (Å²) in [5, 5.41) is 11.1. The quantitative estimate of drug-likeness (QED) is 0.486. The highest BCUT2D eigenvalue weighted by molar-refractivity contribution is 5.85. The highest BCUT2D eigenvalue weighted by Crippen LogP contribution is 2.32. The second kappa shape index (κ2) is 6.29. The first kappa shape index (κ1) is 17.9. The maximum atomic E-state index is 12.9. The van der Waals surface area contributed by atoms with Crippen molar-refractivity contribution in [1.29, 1.82) is 0 Å². The molecule has 9 heteroatoms. The van der Waals surface area contributed by atoms with Crippen LogP contribution in [0.4, 0.5) is 18.9 Å². The molecule has 0 spiro atoms. The molecule has 2 heterocycles. The lowest BCUT2D eigenvalue weighted by Gasteiger charge is -2.08. The molecule has 142 valence electrons. The van der Waals surface area contributed by atoms with Crippen LogP contribution in [0.25, 0.3) is 22.6 Å². The molecular formula is C19H12F3N3O3. The van der Waals surface area contributed by atoms with Crippen molar-refractivity contribution in [2.24, 2.45) is 0 Å². The third-order valence-electron chi connectivity index (χ3n) is 4.60. The van der Waals surface area contributed by atoms with Crippen molar-refractivity contribution >= 4 is 28.2 Å². The van der Waals surface area contributed by atoms with Gasteiger partial charge in [-0.15, -0.1) is 0 Å². The zero-order valence-corrected chi connectivity index (χ0v) is 14.2. The van der Waals surface area contributed by atoms with E-state index in [2.05, 4.69) is 4.98 Å². The first-order valence-corrected chi connectivity index (χ1v) is 8.31. The number of nitro benzene ring substituents is 1. The monoisotopic (exact) mass is 387 g/mol. The summed E-state index contributed by atoms with van der Waals surface area (Å²) in [4.78, 5) is 27.5. The van der Waals surface area contributed by atoms with Gasteiger partial charge in [0, 0.05) is 18.7 Å². The lowest BCUT2D eigenvalue weighted by atomic mass is 10.1. The van der Waals surface area contributed by atoms with Crippen LogP contribution in [0, 0.1) is 10.1 Å². The van der Waals surface area contributed by atoms with Gasteiger partial charge >= 0.3 is 6.18 Å². The number of hydrogen-bond donors (Lipinski definition) is 0. The number of halogens is 3. The Balaban J connectivity index is 1.83. The van der Waals surface area contributed by atoms with Gasteiger partial charge in [0.05, 0.1) is 21.4 Å². The van der Waals surface area contributed by atoms with Gasteiger partial charge in [-0.05, 0) is 41.8 Å². The molecule has 3 aromatic rings. The lowest BCUT2D eigenvalue weighted by Crippen LogP contribution is -2.20. The van der Waals surface area contributed by atoms with Crippen LogP contribution in [-0.2, 0) is 12.7 Å². The van der Waals surface area contributed by atoms with E-state index in [1.165, 1.54) is 28.8 Å². The molecule has 28 heavy (non-hydrogen) atoms. The summed E-state index contributed by atoms with van der Waals surface area (Å²) in [5.41, 5.74) is -0.0662. The summed E-state index contributed by atoms with van der Waals surface area (Å²) in [6, 6.07) is 8.75. The van der Waals surface area contributed by atoms with E-state index in [-0.39, 0.29) is 11.1 Å². The summed E-state index contributed by atoms with van der Waals surface area (Å²) in [6.07, 6.45) is -2.43. The number of allylic oxidation sites excluding steroid dienone is 1. The zero-order chi connectivity index (χ0) is 20.1. The third-order valence-corrected chi connectivity index (χ3v) is 4.60. The van der Waals surface area contributed by atoms with Crippen molar-refractivity contribution < 1.29 is 18.1 Å². The Morgan fingerprint density at radius 1 is 1.18 bits per heavy atom. The first-order valence-electron chi connectivity index (χ1n) is 8.31. The van der Waals surface area contributed by atoms with Crippen LogP contribution < -0.4 is 5.56 Å². The van der Waals surface area contributed by atoms with E-state index < -0.39 is 22.2 Å². The molecule has 0 atom stereocenters. The van der Waals surface area contributed by atoms with Crippen LogP contribution in [0.3, 0.4) is 0 Å². The zero-order valence-electron chi connectivity index (χ0n) is 14.2. The predicted molar refractivity (Wildman–Crippen MR) is 96.6 cm³/mol. The fourth-order valence-corrected chi connectivity index (χ4v) is 3.26. The van der Waals surface area contributed by atoms with Crippen molar-refractivity contribution in [3.63, 3.8) is 0 Å². The maximum Gasteiger partial charge on any atom is 0.416 e. The molecule has 0 N–H and O–H groups in total. The molecule has 0 fully saturated rings. The topological polar surface area (TPSA) is 78.0 Å². The summed E-state index contributed by atoms with van der Waals surface area (Å²) in [7, 11) is 0. The largest absolute Gasteiger partial charge is 0.416 e. The second-order valence-electron chi connectivity index (χ2n) is 6.39. The molecular weight excluding hydrogens is 375 g/mol. The van der Waals surface area contributed by atoms with E-state index in [0.717, 1.165) is 12.1 Å². The Bertz CT molecular complexity index is 1210. The van der Waals surface area contributed by atoms with Gasteiger partial charge in [0.2, 0.25) is 0 Å². The average Bonchev–Trinajstić information content (AvgIpc) is 3.04. The molecule has 1 aliphatic heterocycles. The van der Waals surface area contributed by atoms with E-state index in [4.69, 9.17) is 0 Å². The Morgan fingerprint density at radius 2 is 1.96 bits per heavy atom. The number of nitro groups is 1. The van der Waals surface area contributed by atoms with E-state index in [0.29, 0.717) is 35.4 Å². The summed E-state index contributed by atoms with van der Waals surface area (Å²) < 4.78 is 40.1. The van der Waals surface area contributed by atoms with Gasteiger partial charge < -0.3 is 0 Å². The van der Waals surface area contributed by atoms with Crippen LogP contribution in [0.2, 0.25) is 0 Å². The van der Waals surface area contributed by atoms with Gasteiger partial charge in [0.25, 0.3) is 11.2 Å². The maximum absolute atomic E-state index is 12.9. The van der Waals surface area contributed by atoms with Gasteiger partial charge in [-0.1, -0.05) is 12.1 Å². The fraction of sp³-hybridized carbons (Fsp3) is 0.158. The summed E-state index contributed by atoms with van der Waals surface area (Å²) in [6.45, 7) is 0.310. The second-order valence-corrected chi connectivity index (χ2v) is 6.39. The number of alkyl halides is 3. The average molecular weight is 387 g/mol. The molecule has 4 rings (SSSR count). The molecule has 0 aliphatic carbocycles. The number of rotatable bonds is 2. The normalized spacial score (nSPS) is 15.2. The van der Waals surface area contributed by atoms with Crippen molar-refractivity contribution in [1.82, 2.24) is 9.55 Å². The molecule has 0 bridgehead atoms. The number of aromatic nitrogens is 2. The number of hydrogen-bond acceptors (Lipinski definition) is 4.